The highest BCUT2D eigenvalue weighted by Crippen LogP contribution is 2.25. The number of benzene rings is 1. The number of carbonyl (C=O) groups excluding carboxylic acids is 2. The minimum absolute atomic E-state index is 0.0515. The van der Waals surface area contributed by atoms with Gasteiger partial charge >= 0.3 is 12.1 Å². The standard InChI is InChI=1S/C18H21N3O6S/c1-18(2,3)27-17(26)19-11-6-4-10(5-7-11)15-21-13(9-28-15)14(23)20-12(8-22)16(24)25/h4-7,9,12,22H,8H2,1-3H3,(H,19,26)(H,20,23)(H,24,25). The van der Waals surface area contributed by atoms with Gasteiger partial charge in [0.15, 0.2) is 6.04 Å². The molecule has 0 radical (unpaired) electrons. The van der Waals surface area contributed by atoms with E-state index in [0.29, 0.717) is 10.7 Å². The summed E-state index contributed by atoms with van der Waals surface area (Å²) < 4.78 is 5.18. The molecule has 1 heterocycles. The Labute approximate surface area is 165 Å². The molecule has 9 nitrogen and oxygen atoms in total. The van der Waals surface area contributed by atoms with Gasteiger partial charge in [0.25, 0.3) is 5.91 Å². The number of nitrogens with zero attached hydrogens (tertiary/aromatic N) is 1. The fourth-order valence-corrected chi connectivity index (χ4v) is 2.85. The average molecular weight is 407 g/mol. The number of carbonyl (C=O) groups is 3. The number of hydrogen-bond acceptors (Lipinski definition) is 7. The molecule has 2 aromatic rings. The molecule has 0 bridgehead atoms. The Bertz CT molecular complexity index is 857. The second-order valence-corrected chi connectivity index (χ2v) is 7.65. The van der Waals surface area contributed by atoms with Gasteiger partial charge in [-0.1, -0.05) is 0 Å². The summed E-state index contributed by atoms with van der Waals surface area (Å²) in [7, 11) is 0. The number of nitrogens with one attached hydrogen (secondary N) is 2. The van der Waals surface area contributed by atoms with Gasteiger partial charge in [0, 0.05) is 16.6 Å². The number of ether oxygens (including phenoxy) is 1. The molecule has 28 heavy (non-hydrogen) atoms. The first-order valence-electron chi connectivity index (χ1n) is 8.29. The van der Waals surface area contributed by atoms with Crippen LogP contribution in [0.3, 0.4) is 0 Å². The topological polar surface area (TPSA) is 138 Å². The van der Waals surface area contributed by atoms with E-state index in [1.807, 2.05) is 0 Å². The van der Waals surface area contributed by atoms with Gasteiger partial charge in [0.1, 0.15) is 16.3 Å². The third kappa shape index (κ3) is 6.03. The summed E-state index contributed by atoms with van der Waals surface area (Å²) in [5.41, 5.74) is 0.712. The molecular weight excluding hydrogens is 386 g/mol. The second-order valence-electron chi connectivity index (χ2n) is 6.79. The van der Waals surface area contributed by atoms with Gasteiger partial charge in [0.05, 0.1) is 6.61 Å². The monoisotopic (exact) mass is 407 g/mol. The quantitative estimate of drug-likeness (QED) is 0.576. The Morgan fingerprint density at radius 2 is 1.86 bits per heavy atom. The van der Waals surface area contributed by atoms with Crippen molar-refractivity contribution in [3.8, 4) is 10.6 Å². The second kappa shape index (κ2) is 8.81. The van der Waals surface area contributed by atoms with Crippen LogP contribution < -0.4 is 10.6 Å². The molecule has 0 fully saturated rings. The van der Waals surface area contributed by atoms with Gasteiger partial charge in [-0.25, -0.2) is 14.6 Å². The zero-order valence-electron chi connectivity index (χ0n) is 15.6. The molecule has 0 spiro atoms. The van der Waals surface area contributed by atoms with E-state index in [2.05, 4.69) is 15.6 Å². The number of anilines is 1. The number of aliphatic hydroxyl groups excluding tert-OH is 1. The first-order valence-corrected chi connectivity index (χ1v) is 9.17. The fourth-order valence-electron chi connectivity index (χ4n) is 2.05. The minimum Gasteiger partial charge on any atom is -0.480 e. The summed E-state index contributed by atoms with van der Waals surface area (Å²) in [4.78, 5) is 38.9. The minimum atomic E-state index is -1.39. The highest BCUT2D eigenvalue weighted by atomic mass is 32.1. The number of aliphatic carboxylic acids is 1. The van der Waals surface area contributed by atoms with Crippen molar-refractivity contribution < 1.29 is 29.3 Å². The molecule has 2 rings (SSSR count). The molecule has 0 saturated heterocycles. The first-order chi connectivity index (χ1) is 13.1. The Balaban J connectivity index is 2.04. The third-order valence-corrected chi connectivity index (χ3v) is 4.19. The molecule has 0 saturated carbocycles. The smallest absolute Gasteiger partial charge is 0.412 e. The van der Waals surface area contributed by atoms with Crippen LogP contribution in [0.1, 0.15) is 31.3 Å². The van der Waals surface area contributed by atoms with E-state index in [1.165, 1.54) is 16.7 Å². The zero-order chi connectivity index (χ0) is 20.9. The van der Waals surface area contributed by atoms with Crippen molar-refractivity contribution in [3.05, 3.63) is 35.3 Å². The van der Waals surface area contributed by atoms with E-state index < -0.39 is 36.2 Å². The summed E-state index contributed by atoms with van der Waals surface area (Å²) in [5.74, 6) is -2.02. The van der Waals surface area contributed by atoms with Crippen molar-refractivity contribution in [2.45, 2.75) is 32.4 Å². The van der Waals surface area contributed by atoms with Gasteiger partial charge < -0.3 is 20.3 Å². The Hall–Kier alpha value is -2.98. The number of carboxylic acid groups (broad SMARTS) is 1. The summed E-state index contributed by atoms with van der Waals surface area (Å²) in [6, 6.07) is 5.40. The number of rotatable bonds is 6. The SMILES string of the molecule is CC(C)(C)OC(=O)Nc1ccc(-c2nc(C(=O)NC(CO)C(=O)O)cs2)cc1. The number of hydrogen-bond donors (Lipinski definition) is 4. The number of aromatic nitrogens is 1. The van der Waals surface area contributed by atoms with Crippen molar-refractivity contribution in [3.63, 3.8) is 0 Å². The molecule has 1 unspecified atom stereocenters. The van der Waals surface area contributed by atoms with E-state index in [-0.39, 0.29) is 5.69 Å². The van der Waals surface area contributed by atoms with Crippen molar-refractivity contribution in [2.24, 2.45) is 0 Å². The van der Waals surface area contributed by atoms with Crippen molar-refractivity contribution >= 4 is 35.0 Å². The van der Waals surface area contributed by atoms with E-state index in [1.54, 1.807) is 45.0 Å². The lowest BCUT2D eigenvalue weighted by atomic mass is 10.2. The van der Waals surface area contributed by atoms with Crippen LogP contribution in [0, 0.1) is 0 Å². The average Bonchev–Trinajstić information content (AvgIpc) is 3.08. The summed E-state index contributed by atoms with van der Waals surface area (Å²) >= 11 is 1.21. The lowest BCUT2D eigenvalue weighted by Gasteiger charge is -2.19. The number of carboxylic acids is 1. The maximum atomic E-state index is 12.0. The van der Waals surface area contributed by atoms with Gasteiger partial charge in [-0.3, -0.25) is 10.1 Å². The maximum absolute atomic E-state index is 12.0. The molecule has 1 aromatic heterocycles. The van der Waals surface area contributed by atoms with Crippen LogP contribution in [0.15, 0.2) is 29.6 Å². The lowest BCUT2D eigenvalue weighted by molar-refractivity contribution is -0.140. The fraction of sp³-hybridized carbons (Fsp3) is 0.333. The van der Waals surface area contributed by atoms with E-state index >= 15 is 0 Å². The molecule has 10 heteroatoms. The van der Waals surface area contributed by atoms with Gasteiger partial charge in [-0.2, -0.15) is 0 Å². The molecule has 1 aromatic carbocycles. The van der Waals surface area contributed by atoms with Crippen LogP contribution in [0.2, 0.25) is 0 Å². The predicted octanol–water partition coefficient (Wildman–Crippen LogP) is 2.33. The summed E-state index contributed by atoms with van der Waals surface area (Å²) in [6.07, 6.45) is -0.565. The molecule has 0 aliphatic carbocycles. The Kier molecular flexibility index (Phi) is 6.71. The van der Waals surface area contributed by atoms with Gasteiger partial charge in [-0.15, -0.1) is 11.3 Å². The normalized spacial score (nSPS) is 12.1. The lowest BCUT2D eigenvalue weighted by Crippen LogP contribution is -2.43. The predicted molar refractivity (Wildman–Crippen MR) is 103 cm³/mol. The third-order valence-electron chi connectivity index (χ3n) is 3.30. The number of thiazole rings is 1. The first kappa shape index (κ1) is 21.3. The Morgan fingerprint density at radius 3 is 2.39 bits per heavy atom. The van der Waals surface area contributed by atoms with Crippen LogP contribution in [-0.2, 0) is 9.53 Å². The highest BCUT2D eigenvalue weighted by molar-refractivity contribution is 7.13. The van der Waals surface area contributed by atoms with E-state index in [9.17, 15) is 14.4 Å². The van der Waals surface area contributed by atoms with Gasteiger partial charge in [0.2, 0.25) is 0 Å². The van der Waals surface area contributed by atoms with Crippen molar-refractivity contribution in [1.29, 1.82) is 0 Å². The molecule has 1 atom stereocenters. The molecular formula is C18H21N3O6S. The molecule has 150 valence electrons. The summed E-state index contributed by atoms with van der Waals surface area (Å²) in [6.45, 7) is 4.59. The zero-order valence-corrected chi connectivity index (χ0v) is 16.4. The molecule has 0 aliphatic rings. The Morgan fingerprint density at radius 1 is 1.21 bits per heavy atom. The van der Waals surface area contributed by atoms with Crippen molar-refractivity contribution in [1.82, 2.24) is 10.3 Å². The largest absolute Gasteiger partial charge is 0.480 e. The van der Waals surface area contributed by atoms with Crippen LogP contribution >= 0.6 is 11.3 Å². The van der Waals surface area contributed by atoms with Gasteiger partial charge in [-0.05, 0) is 45.0 Å². The van der Waals surface area contributed by atoms with Crippen molar-refractivity contribution in [2.75, 3.05) is 11.9 Å². The summed E-state index contributed by atoms with van der Waals surface area (Å²) in [5, 5.41) is 24.7. The van der Waals surface area contributed by atoms with Crippen LogP contribution in [0.4, 0.5) is 10.5 Å². The highest BCUT2D eigenvalue weighted by Gasteiger charge is 2.21. The van der Waals surface area contributed by atoms with Crippen LogP contribution in [0.5, 0.6) is 0 Å². The number of amides is 2. The molecule has 2 amide bonds. The number of aliphatic hydroxyl groups is 1. The molecule has 0 aliphatic heterocycles. The van der Waals surface area contributed by atoms with E-state index in [4.69, 9.17) is 14.9 Å². The van der Waals surface area contributed by atoms with Crippen LogP contribution in [0.25, 0.3) is 10.6 Å². The maximum Gasteiger partial charge on any atom is 0.412 e. The molecule has 4 N–H and O–H groups in total. The van der Waals surface area contributed by atoms with E-state index in [0.717, 1.165) is 5.56 Å². The van der Waals surface area contributed by atoms with Crippen LogP contribution in [-0.4, -0.2) is 51.4 Å².